The minimum Gasteiger partial charge on any atom is -0.480 e. The van der Waals surface area contributed by atoms with Crippen molar-refractivity contribution in [3.63, 3.8) is 0 Å². The van der Waals surface area contributed by atoms with Crippen LogP contribution in [0.5, 0.6) is 0 Å². The minimum absolute atomic E-state index is 0.385. The quantitative estimate of drug-likeness (QED) is 0.752. The first-order valence-corrected chi connectivity index (χ1v) is 4.86. The van der Waals surface area contributed by atoms with Crippen LogP contribution in [0.4, 0.5) is 0 Å². The summed E-state index contributed by atoms with van der Waals surface area (Å²) in [6, 6.07) is 8.54. The first kappa shape index (κ1) is 12.9. The van der Waals surface area contributed by atoms with E-state index in [4.69, 9.17) is 10.8 Å². The van der Waals surface area contributed by atoms with Crippen LogP contribution >= 0.6 is 11.6 Å². The van der Waals surface area contributed by atoms with Crippen LogP contribution in [-0.2, 0) is 11.2 Å². The highest BCUT2D eigenvalue weighted by atomic mass is 35.5. The third kappa shape index (κ3) is 4.84. The summed E-state index contributed by atoms with van der Waals surface area (Å²) < 4.78 is 0. The monoisotopic (exact) mass is 215 g/mol. The lowest BCUT2D eigenvalue weighted by Gasteiger charge is -2.04. The van der Waals surface area contributed by atoms with Crippen molar-refractivity contribution >= 4 is 17.6 Å². The predicted molar refractivity (Wildman–Crippen MR) is 57.5 cm³/mol. The van der Waals surface area contributed by atoms with E-state index in [9.17, 15) is 4.79 Å². The molecular formula is C10H14ClNO2. The van der Waals surface area contributed by atoms with Crippen LogP contribution in [0.1, 0.15) is 5.56 Å². The maximum absolute atomic E-state index is 10.4. The van der Waals surface area contributed by atoms with Gasteiger partial charge in [-0.2, -0.15) is 0 Å². The molecule has 1 aromatic rings. The molecule has 0 saturated heterocycles. The Balaban J connectivity index is 0.000000791. The normalized spacial score (nSPS) is 11.1. The summed E-state index contributed by atoms with van der Waals surface area (Å²) >= 11 is 4.64. The van der Waals surface area contributed by atoms with Gasteiger partial charge in [-0.05, 0) is 12.0 Å². The molecule has 1 rings (SSSR count). The first-order valence-electron chi connectivity index (χ1n) is 4.10. The fourth-order valence-corrected chi connectivity index (χ4v) is 0.955. The van der Waals surface area contributed by atoms with Gasteiger partial charge in [0, 0.05) is 6.38 Å². The van der Waals surface area contributed by atoms with Crippen molar-refractivity contribution in [2.45, 2.75) is 12.5 Å². The molecule has 0 aliphatic heterocycles. The van der Waals surface area contributed by atoms with Crippen LogP contribution in [-0.4, -0.2) is 23.5 Å². The molecule has 0 amide bonds. The van der Waals surface area contributed by atoms with Gasteiger partial charge in [-0.15, -0.1) is 11.6 Å². The molecule has 0 aromatic heterocycles. The molecule has 0 saturated carbocycles. The second-order valence-corrected chi connectivity index (χ2v) is 2.63. The van der Waals surface area contributed by atoms with E-state index in [-0.39, 0.29) is 0 Å². The number of benzene rings is 1. The Hall–Kier alpha value is -1.06. The lowest BCUT2D eigenvalue weighted by molar-refractivity contribution is -0.138. The van der Waals surface area contributed by atoms with Gasteiger partial charge in [0.05, 0.1) is 0 Å². The second-order valence-electron chi connectivity index (χ2n) is 2.63. The zero-order valence-corrected chi connectivity index (χ0v) is 8.74. The van der Waals surface area contributed by atoms with Crippen LogP contribution in [0, 0.1) is 0 Å². The van der Waals surface area contributed by atoms with Crippen molar-refractivity contribution in [1.29, 1.82) is 0 Å². The molecule has 3 N–H and O–H groups in total. The molecule has 1 unspecified atom stereocenters. The molecule has 78 valence electrons. The van der Waals surface area contributed by atoms with Crippen LogP contribution < -0.4 is 5.73 Å². The van der Waals surface area contributed by atoms with Gasteiger partial charge in [0.2, 0.25) is 0 Å². The maximum atomic E-state index is 10.4. The van der Waals surface area contributed by atoms with Gasteiger partial charge in [-0.25, -0.2) is 0 Å². The van der Waals surface area contributed by atoms with E-state index in [0.717, 1.165) is 5.56 Å². The summed E-state index contributed by atoms with van der Waals surface area (Å²) in [5.74, 6) is -0.959. The summed E-state index contributed by atoms with van der Waals surface area (Å²) in [6.45, 7) is 0. The Labute approximate surface area is 88.5 Å². The maximum Gasteiger partial charge on any atom is 0.320 e. The molecule has 0 heterocycles. The van der Waals surface area contributed by atoms with Crippen molar-refractivity contribution in [2.75, 3.05) is 6.38 Å². The molecule has 0 fully saturated rings. The first-order chi connectivity index (χ1) is 6.70. The van der Waals surface area contributed by atoms with Gasteiger partial charge in [-0.1, -0.05) is 30.3 Å². The Kier molecular flexibility index (Phi) is 6.80. The Morgan fingerprint density at radius 3 is 2.36 bits per heavy atom. The number of hydrogen-bond acceptors (Lipinski definition) is 2. The van der Waals surface area contributed by atoms with Crippen LogP contribution in [0.3, 0.4) is 0 Å². The van der Waals surface area contributed by atoms with E-state index in [0.29, 0.717) is 6.42 Å². The molecule has 0 aliphatic rings. The van der Waals surface area contributed by atoms with Gasteiger partial charge < -0.3 is 10.8 Å². The smallest absolute Gasteiger partial charge is 0.320 e. The Bertz CT molecular complexity index is 264. The second kappa shape index (κ2) is 7.35. The van der Waals surface area contributed by atoms with Crippen LogP contribution in [0.25, 0.3) is 0 Å². The van der Waals surface area contributed by atoms with E-state index in [2.05, 4.69) is 11.6 Å². The predicted octanol–water partition coefficient (Wildman–Crippen LogP) is 1.50. The lowest BCUT2D eigenvalue weighted by Crippen LogP contribution is -2.32. The fraction of sp³-hybridized carbons (Fsp3) is 0.300. The van der Waals surface area contributed by atoms with Crippen LogP contribution in [0.15, 0.2) is 30.3 Å². The third-order valence-corrected chi connectivity index (χ3v) is 1.62. The molecule has 0 radical (unpaired) electrons. The molecule has 0 bridgehead atoms. The number of nitrogens with two attached hydrogens (primary N) is 1. The molecule has 4 heteroatoms. The van der Waals surface area contributed by atoms with Crippen molar-refractivity contribution in [1.82, 2.24) is 0 Å². The number of rotatable bonds is 3. The van der Waals surface area contributed by atoms with Crippen LogP contribution in [0.2, 0.25) is 0 Å². The highest BCUT2D eigenvalue weighted by Crippen LogP contribution is 2.01. The van der Waals surface area contributed by atoms with Gasteiger partial charge in [0.25, 0.3) is 0 Å². The van der Waals surface area contributed by atoms with Gasteiger partial charge in [-0.3, -0.25) is 4.79 Å². The van der Waals surface area contributed by atoms with E-state index in [1.807, 2.05) is 30.3 Å². The number of carboxylic acids is 1. The van der Waals surface area contributed by atoms with Crippen molar-refractivity contribution in [3.05, 3.63) is 35.9 Å². The third-order valence-electron chi connectivity index (χ3n) is 1.62. The summed E-state index contributed by atoms with van der Waals surface area (Å²) in [5.41, 5.74) is 6.30. The fourth-order valence-electron chi connectivity index (χ4n) is 0.955. The van der Waals surface area contributed by atoms with Gasteiger partial charge in [0.1, 0.15) is 6.04 Å². The number of halogens is 1. The highest BCUT2D eigenvalue weighted by molar-refractivity contribution is 6.15. The van der Waals surface area contributed by atoms with E-state index in [1.54, 1.807) is 0 Å². The summed E-state index contributed by atoms with van der Waals surface area (Å²) in [6.07, 6.45) is 1.86. The molecule has 3 nitrogen and oxygen atoms in total. The standard InChI is InChI=1S/C9H11NO2.CH3Cl/c10-8(9(11)12)6-7-4-2-1-3-5-7;1-2/h1-5,8H,6,10H2,(H,11,12);1H3. The molecule has 0 aliphatic carbocycles. The molecule has 14 heavy (non-hydrogen) atoms. The minimum atomic E-state index is -0.959. The van der Waals surface area contributed by atoms with E-state index >= 15 is 0 Å². The highest BCUT2D eigenvalue weighted by Gasteiger charge is 2.10. The zero-order valence-electron chi connectivity index (χ0n) is 7.98. The van der Waals surface area contributed by atoms with Crippen molar-refractivity contribution in [2.24, 2.45) is 5.73 Å². The lowest BCUT2D eigenvalue weighted by atomic mass is 10.1. The average molecular weight is 216 g/mol. The number of carboxylic acid groups (broad SMARTS) is 1. The summed E-state index contributed by atoms with van der Waals surface area (Å²) in [4.78, 5) is 10.4. The Morgan fingerprint density at radius 2 is 1.93 bits per heavy atom. The number of alkyl halides is 1. The largest absolute Gasteiger partial charge is 0.480 e. The summed E-state index contributed by atoms with van der Waals surface area (Å²) in [7, 11) is 0. The van der Waals surface area contributed by atoms with Crippen molar-refractivity contribution < 1.29 is 9.90 Å². The van der Waals surface area contributed by atoms with E-state index in [1.165, 1.54) is 6.38 Å². The number of aliphatic carboxylic acids is 1. The van der Waals surface area contributed by atoms with Gasteiger partial charge >= 0.3 is 5.97 Å². The molecular weight excluding hydrogens is 202 g/mol. The zero-order chi connectivity index (χ0) is 11.0. The van der Waals surface area contributed by atoms with E-state index < -0.39 is 12.0 Å². The van der Waals surface area contributed by atoms with Gasteiger partial charge in [0.15, 0.2) is 0 Å². The molecule has 1 aromatic carbocycles. The SMILES string of the molecule is CCl.NC(Cc1ccccc1)C(=O)O. The molecule has 0 spiro atoms. The average Bonchev–Trinajstić information content (AvgIpc) is 2.22. The number of carbonyl (C=O) groups is 1. The summed E-state index contributed by atoms with van der Waals surface area (Å²) in [5, 5.41) is 8.52. The van der Waals surface area contributed by atoms with Crippen molar-refractivity contribution in [3.8, 4) is 0 Å². The molecule has 1 atom stereocenters. The topological polar surface area (TPSA) is 63.3 Å². The number of hydrogen-bond donors (Lipinski definition) is 2. The Morgan fingerprint density at radius 1 is 1.43 bits per heavy atom.